The molecule has 0 spiro atoms. The third kappa shape index (κ3) is 2.91. The first-order valence-electron chi connectivity index (χ1n) is 4.79. The maximum Gasteiger partial charge on any atom is 0.317 e. The Morgan fingerprint density at radius 3 is 3.00 bits per heavy atom. The van der Waals surface area contributed by atoms with Crippen LogP contribution >= 0.6 is 22.7 Å². The van der Waals surface area contributed by atoms with Gasteiger partial charge in [0.15, 0.2) is 0 Å². The van der Waals surface area contributed by atoms with E-state index in [2.05, 4.69) is 28.2 Å². The smallest absolute Gasteiger partial charge is 0.317 e. The van der Waals surface area contributed by atoms with Crippen LogP contribution in [0.2, 0.25) is 0 Å². The predicted molar refractivity (Wildman–Crippen MR) is 67.0 cm³/mol. The number of carboxylic acids is 1. The minimum atomic E-state index is -0.824. The minimum absolute atomic E-state index is 0.00619. The number of hydrogen-bond acceptors (Lipinski definition) is 4. The van der Waals surface area contributed by atoms with Crippen molar-refractivity contribution in [1.82, 2.24) is 5.32 Å². The first-order valence-corrected chi connectivity index (χ1v) is 6.55. The number of nitrogens with one attached hydrogen (secondary N) is 1. The maximum absolute atomic E-state index is 10.3. The predicted octanol–water partition coefficient (Wildman–Crippen LogP) is 2.65. The zero-order chi connectivity index (χ0) is 11.4. The van der Waals surface area contributed by atoms with Crippen molar-refractivity contribution in [2.75, 3.05) is 6.54 Å². The molecule has 0 saturated heterocycles. The van der Waals surface area contributed by atoms with Gasteiger partial charge in [-0.15, -0.1) is 22.7 Å². The van der Waals surface area contributed by atoms with Crippen LogP contribution < -0.4 is 5.32 Å². The highest BCUT2D eigenvalue weighted by Crippen LogP contribution is 2.28. The molecule has 2 N–H and O–H groups in total. The van der Waals surface area contributed by atoms with E-state index in [0.29, 0.717) is 6.54 Å². The van der Waals surface area contributed by atoms with Gasteiger partial charge in [-0.3, -0.25) is 4.79 Å². The number of hydrogen-bond donors (Lipinski definition) is 2. The molecule has 0 aliphatic rings. The molecule has 3 nitrogen and oxygen atoms in total. The molecule has 84 valence electrons. The third-order valence-corrected chi connectivity index (χ3v) is 3.89. The summed E-state index contributed by atoms with van der Waals surface area (Å²) in [5.41, 5.74) is 1.21. The lowest BCUT2D eigenvalue weighted by Crippen LogP contribution is -2.21. The van der Waals surface area contributed by atoms with Crippen molar-refractivity contribution < 1.29 is 9.90 Å². The maximum atomic E-state index is 10.3. The van der Waals surface area contributed by atoms with Gasteiger partial charge in [-0.05, 0) is 22.9 Å². The van der Waals surface area contributed by atoms with Crippen molar-refractivity contribution in [3.8, 4) is 10.4 Å². The Kier molecular flexibility index (Phi) is 3.71. The average Bonchev–Trinajstić information content (AvgIpc) is 2.85. The Balaban J connectivity index is 1.95. The van der Waals surface area contributed by atoms with Crippen LogP contribution in [0.4, 0.5) is 0 Å². The van der Waals surface area contributed by atoms with E-state index in [-0.39, 0.29) is 6.54 Å². The van der Waals surface area contributed by atoms with Crippen molar-refractivity contribution in [3.63, 3.8) is 0 Å². The fourth-order valence-electron chi connectivity index (χ4n) is 1.34. The highest BCUT2D eigenvalue weighted by molar-refractivity contribution is 7.14. The molecule has 0 aromatic carbocycles. The molecule has 16 heavy (non-hydrogen) atoms. The SMILES string of the molecule is O=C(O)CNCc1cc(-c2cccs2)cs1. The van der Waals surface area contributed by atoms with E-state index in [0.717, 1.165) is 4.88 Å². The molecule has 0 fully saturated rings. The van der Waals surface area contributed by atoms with Gasteiger partial charge in [0, 0.05) is 21.9 Å². The lowest BCUT2D eigenvalue weighted by molar-refractivity contribution is -0.135. The second kappa shape index (κ2) is 5.25. The van der Waals surface area contributed by atoms with Gasteiger partial charge < -0.3 is 10.4 Å². The van der Waals surface area contributed by atoms with Gasteiger partial charge in [-0.25, -0.2) is 0 Å². The summed E-state index contributed by atoms with van der Waals surface area (Å²) in [7, 11) is 0. The minimum Gasteiger partial charge on any atom is -0.480 e. The fourth-order valence-corrected chi connectivity index (χ4v) is 2.98. The van der Waals surface area contributed by atoms with Gasteiger partial charge in [-0.2, -0.15) is 0 Å². The Bertz CT molecular complexity index is 462. The molecule has 2 rings (SSSR count). The Labute approximate surface area is 101 Å². The van der Waals surface area contributed by atoms with Crippen LogP contribution in [-0.4, -0.2) is 17.6 Å². The lowest BCUT2D eigenvalue weighted by atomic mass is 10.2. The van der Waals surface area contributed by atoms with Crippen LogP contribution in [0.15, 0.2) is 29.0 Å². The second-order valence-corrected chi connectivity index (χ2v) is 5.22. The highest BCUT2D eigenvalue weighted by atomic mass is 32.1. The van der Waals surface area contributed by atoms with E-state index >= 15 is 0 Å². The largest absolute Gasteiger partial charge is 0.480 e. The Morgan fingerprint density at radius 2 is 2.31 bits per heavy atom. The molecule has 0 saturated carbocycles. The highest BCUT2D eigenvalue weighted by Gasteiger charge is 2.03. The van der Waals surface area contributed by atoms with E-state index in [1.165, 1.54) is 10.4 Å². The summed E-state index contributed by atoms with van der Waals surface area (Å²) in [4.78, 5) is 12.7. The summed E-state index contributed by atoms with van der Waals surface area (Å²) >= 11 is 3.36. The molecule has 5 heteroatoms. The molecule has 0 unspecified atom stereocenters. The van der Waals surface area contributed by atoms with Crippen molar-refractivity contribution in [2.45, 2.75) is 6.54 Å². The Morgan fingerprint density at radius 1 is 1.44 bits per heavy atom. The summed E-state index contributed by atoms with van der Waals surface area (Å²) in [5, 5.41) is 15.5. The standard InChI is InChI=1S/C11H11NO2S2/c13-11(14)6-12-5-9-4-8(7-16-9)10-2-1-3-15-10/h1-4,7,12H,5-6H2,(H,13,14). The summed E-state index contributed by atoms with van der Waals surface area (Å²) in [6.45, 7) is 0.620. The third-order valence-electron chi connectivity index (χ3n) is 2.03. The number of thiophene rings is 2. The quantitative estimate of drug-likeness (QED) is 0.861. The van der Waals surface area contributed by atoms with Crippen LogP contribution in [0, 0.1) is 0 Å². The second-order valence-electron chi connectivity index (χ2n) is 3.28. The van der Waals surface area contributed by atoms with Crippen LogP contribution in [0.25, 0.3) is 10.4 Å². The first-order chi connectivity index (χ1) is 7.75. The zero-order valence-electron chi connectivity index (χ0n) is 8.47. The summed E-state index contributed by atoms with van der Waals surface area (Å²) in [6, 6.07) is 6.21. The molecule has 0 atom stereocenters. The van der Waals surface area contributed by atoms with Crippen LogP contribution in [0.3, 0.4) is 0 Å². The normalized spacial score (nSPS) is 10.5. The van der Waals surface area contributed by atoms with Gasteiger partial charge in [0.2, 0.25) is 0 Å². The lowest BCUT2D eigenvalue weighted by Gasteiger charge is -1.97. The first kappa shape index (κ1) is 11.3. The molecule has 2 aromatic rings. The molecule has 0 aliphatic carbocycles. The number of aliphatic carboxylic acids is 1. The zero-order valence-corrected chi connectivity index (χ0v) is 10.1. The van der Waals surface area contributed by atoms with Crippen molar-refractivity contribution in [2.24, 2.45) is 0 Å². The molecule has 0 bridgehead atoms. The fraction of sp³-hybridized carbons (Fsp3) is 0.182. The molecule has 2 aromatic heterocycles. The molecule has 0 aliphatic heterocycles. The van der Waals surface area contributed by atoms with Gasteiger partial charge >= 0.3 is 5.97 Å². The van der Waals surface area contributed by atoms with Crippen molar-refractivity contribution in [3.05, 3.63) is 33.8 Å². The van der Waals surface area contributed by atoms with E-state index in [4.69, 9.17) is 5.11 Å². The molecule has 0 amide bonds. The number of carbonyl (C=O) groups is 1. The summed E-state index contributed by atoms with van der Waals surface area (Å²) < 4.78 is 0. The molecular formula is C11H11NO2S2. The number of rotatable bonds is 5. The van der Waals surface area contributed by atoms with Gasteiger partial charge in [0.05, 0.1) is 6.54 Å². The molecular weight excluding hydrogens is 242 g/mol. The van der Waals surface area contributed by atoms with E-state index in [9.17, 15) is 4.79 Å². The van der Waals surface area contributed by atoms with Crippen molar-refractivity contribution in [1.29, 1.82) is 0 Å². The summed E-state index contributed by atoms with van der Waals surface area (Å²) in [6.07, 6.45) is 0. The van der Waals surface area contributed by atoms with Crippen LogP contribution in [0.5, 0.6) is 0 Å². The Hall–Kier alpha value is -1.17. The van der Waals surface area contributed by atoms with Crippen molar-refractivity contribution >= 4 is 28.6 Å². The van der Waals surface area contributed by atoms with Gasteiger partial charge in [0.1, 0.15) is 0 Å². The van der Waals surface area contributed by atoms with E-state index in [1.807, 2.05) is 6.07 Å². The molecule has 2 heterocycles. The topological polar surface area (TPSA) is 49.3 Å². The monoisotopic (exact) mass is 253 g/mol. The van der Waals surface area contributed by atoms with Gasteiger partial charge in [0.25, 0.3) is 0 Å². The number of carboxylic acid groups (broad SMARTS) is 1. The summed E-state index contributed by atoms with van der Waals surface area (Å²) in [5.74, 6) is -0.824. The van der Waals surface area contributed by atoms with E-state index < -0.39 is 5.97 Å². The van der Waals surface area contributed by atoms with Crippen LogP contribution in [0.1, 0.15) is 4.88 Å². The van der Waals surface area contributed by atoms with Crippen LogP contribution in [-0.2, 0) is 11.3 Å². The average molecular weight is 253 g/mol. The molecule has 0 radical (unpaired) electrons. The van der Waals surface area contributed by atoms with Gasteiger partial charge in [-0.1, -0.05) is 6.07 Å². The van der Waals surface area contributed by atoms with E-state index in [1.54, 1.807) is 22.7 Å².